The molecule has 0 aliphatic heterocycles. The van der Waals surface area contributed by atoms with Gasteiger partial charge in [-0.15, -0.1) is 11.8 Å². The van der Waals surface area contributed by atoms with Gasteiger partial charge in [-0.25, -0.2) is 4.98 Å². The van der Waals surface area contributed by atoms with E-state index in [1.54, 1.807) is 6.92 Å². The van der Waals surface area contributed by atoms with Crippen molar-refractivity contribution in [2.24, 2.45) is 0 Å². The second-order valence-electron chi connectivity index (χ2n) is 3.66. The van der Waals surface area contributed by atoms with Gasteiger partial charge < -0.3 is 16.0 Å². The molecule has 1 amide bonds. The van der Waals surface area contributed by atoms with Crippen LogP contribution in [0.2, 0.25) is 0 Å². The van der Waals surface area contributed by atoms with Crippen LogP contribution in [0.15, 0.2) is 0 Å². The maximum Gasteiger partial charge on any atom is 0.265 e. The number of carbonyl (C=O) groups is 1. The quantitative estimate of drug-likeness (QED) is 0.623. The highest BCUT2D eigenvalue weighted by Gasteiger charge is 2.16. The molecule has 6 heteroatoms. The van der Waals surface area contributed by atoms with Gasteiger partial charge in [0, 0.05) is 26.6 Å². The average molecular weight is 266 g/mol. The van der Waals surface area contributed by atoms with Gasteiger partial charge in [0.15, 0.2) is 5.13 Å². The highest BCUT2D eigenvalue weighted by molar-refractivity contribution is 7.18. The monoisotopic (exact) mass is 266 g/mol. The molecule has 1 aromatic heterocycles. The minimum absolute atomic E-state index is 0.182. The van der Waals surface area contributed by atoms with Gasteiger partial charge in [0.1, 0.15) is 10.7 Å². The molecule has 5 nitrogen and oxygen atoms in total. The largest absolute Gasteiger partial charge is 0.382 e. The number of nitrogen functional groups attached to an aromatic ring is 1. The Hall–Kier alpha value is -1.74. The fourth-order valence-electron chi connectivity index (χ4n) is 1.23. The van der Waals surface area contributed by atoms with E-state index in [9.17, 15) is 4.79 Å². The van der Waals surface area contributed by atoms with Crippen LogP contribution in [0.25, 0.3) is 0 Å². The molecule has 1 rings (SSSR count). The molecule has 1 heterocycles. The molecule has 0 atom stereocenters. The van der Waals surface area contributed by atoms with Crippen LogP contribution in [0.3, 0.4) is 0 Å². The number of hydrogen-bond donors (Lipinski definition) is 2. The topological polar surface area (TPSA) is 71.2 Å². The van der Waals surface area contributed by atoms with Crippen LogP contribution in [-0.2, 0) is 0 Å². The smallest absolute Gasteiger partial charge is 0.265 e. The normalized spacial score (nSPS) is 9.50. The summed E-state index contributed by atoms with van der Waals surface area (Å²) in [6, 6.07) is 0. The van der Waals surface area contributed by atoms with Crippen molar-refractivity contribution in [2.45, 2.75) is 20.3 Å². The molecule has 0 aromatic carbocycles. The first-order chi connectivity index (χ1) is 8.60. The molecule has 0 spiro atoms. The second kappa shape index (κ2) is 6.87. The summed E-state index contributed by atoms with van der Waals surface area (Å²) in [6.07, 6.45) is 0.642. The van der Waals surface area contributed by atoms with Gasteiger partial charge in [0.05, 0.1) is 0 Å². The number of hydrogen-bond acceptors (Lipinski definition) is 5. The third-order valence-electron chi connectivity index (χ3n) is 2.36. The van der Waals surface area contributed by atoms with Gasteiger partial charge in [-0.2, -0.15) is 0 Å². The number of anilines is 2. The molecule has 0 bridgehead atoms. The van der Waals surface area contributed by atoms with E-state index in [-0.39, 0.29) is 11.7 Å². The van der Waals surface area contributed by atoms with E-state index in [1.807, 2.05) is 18.9 Å². The summed E-state index contributed by atoms with van der Waals surface area (Å²) in [5.74, 6) is 5.77. The summed E-state index contributed by atoms with van der Waals surface area (Å²) in [7, 11) is 1.91. The summed E-state index contributed by atoms with van der Waals surface area (Å²) >= 11 is 1.31. The summed E-state index contributed by atoms with van der Waals surface area (Å²) in [6.45, 7) is 5.13. The molecule has 0 aliphatic rings. The molecule has 0 saturated heterocycles. The first kappa shape index (κ1) is 14.3. The molecule has 0 unspecified atom stereocenters. The molecule has 3 N–H and O–H groups in total. The summed E-state index contributed by atoms with van der Waals surface area (Å²) in [5.41, 5.74) is 5.75. The van der Waals surface area contributed by atoms with E-state index >= 15 is 0 Å². The number of nitrogens with two attached hydrogens (primary N) is 1. The second-order valence-corrected chi connectivity index (χ2v) is 4.64. The van der Waals surface area contributed by atoms with Gasteiger partial charge in [-0.3, -0.25) is 4.79 Å². The van der Waals surface area contributed by atoms with Crippen molar-refractivity contribution in [1.29, 1.82) is 0 Å². The van der Waals surface area contributed by atoms with Gasteiger partial charge >= 0.3 is 0 Å². The van der Waals surface area contributed by atoms with Crippen molar-refractivity contribution in [2.75, 3.05) is 30.8 Å². The lowest BCUT2D eigenvalue weighted by Gasteiger charge is -2.10. The molecular weight excluding hydrogens is 248 g/mol. The van der Waals surface area contributed by atoms with Crippen molar-refractivity contribution in [3.05, 3.63) is 4.88 Å². The van der Waals surface area contributed by atoms with Crippen LogP contribution < -0.4 is 16.0 Å². The van der Waals surface area contributed by atoms with E-state index in [0.717, 1.165) is 11.7 Å². The third kappa shape index (κ3) is 3.64. The maximum absolute atomic E-state index is 11.9. The number of nitrogens with zero attached hydrogens (tertiary/aromatic N) is 2. The Bertz CT molecular complexity index is 472. The van der Waals surface area contributed by atoms with E-state index in [2.05, 4.69) is 22.1 Å². The zero-order chi connectivity index (χ0) is 13.5. The predicted molar refractivity (Wildman–Crippen MR) is 75.9 cm³/mol. The Labute approximate surface area is 111 Å². The average Bonchev–Trinajstić information content (AvgIpc) is 2.75. The van der Waals surface area contributed by atoms with Crippen LogP contribution in [0.5, 0.6) is 0 Å². The number of aromatic nitrogens is 1. The summed E-state index contributed by atoms with van der Waals surface area (Å²) < 4.78 is 0. The highest BCUT2D eigenvalue weighted by atomic mass is 32.1. The fourth-order valence-corrected chi connectivity index (χ4v) is 2.15. The molecule has 0 radical (unpaired) electrons. The third-order valence-corrected chi connectivity index (χ3v) is 3.55. The molecule has 18 heavy (non-hydrogen) atoms. The Morgan fingerprint density at radius 1 is 1.61 bits per heavy atom. The summed E-state index contributed by atoms with van der Waals surface area (Å²) in [4.78, 5) is 18.5. The summed E-state index contributed by atoms with van der Waals surface area (Å²) in [5, 5.41) is 3.53. The first-order valence-electron chi connectivity index (χ1n) is 5.75. The zero-order valence-electron chi connectivity index (χ0n) is 10.9. The Balaban J connectivity index is 2.67. The van der Waals surface area contributed by atoms with Crippen LogP contribution in [-0.4, -0.2) is 31.0 Å². The van der Waals surface area contributed by atoms with Crippen LogP contribution in [0.1, 0.15) is 29.9 Å². The van der Waals surface area contributed by atoms with Crippen molar-refractivity contribution >= 4 is 28.2 Å². The lowest BCUT2D eigenvalue weighted by molar-refractivity contribution is 0.0959. The van der Waals surface area contributed by atoms with Crippen LogP contribution in [0, 0.1) is 11.8 Å². The van der Waals surface area contributed by atoms with Crippen molar-refractivity contribution in [3.63, 3.8) is 0 Å². The SMILES string of the molecule is CC#CCCNC(=O)c1sc(N(C)CC)nc1N. The van der Waals surface area contributed by atoms with Crippen molar-refractivity contribution in [3.8, 4) is 11.8 Å². The number of amides is 1. The van der Waals surface area contributed by atoms with Crippen molar-refractivity contribution in [1.82, 2.24) is 10.3 Å². The molecular formula is C12H18N4OS. The predicted octanol–water partition coefficient (Wildman–Crippen LogP) is 1.32. The number of rotatable bonds is 5. The zero-order valence-corrected chi connectivity index (χ0v) is 11.7. The van der Waals surface area contributed by atoms with Crippen molar-refractivity contribution < 1.29 is 4.79 Å². The lowest BCUT2D eigenvalue weighted by Crippen LogP contribution is -2.24. The lowest BCUT2D eigenvalue weighted by atomic mass is 10.4. The number of thiazole rings is 1. The van der Waals surface area contributed by atoms with Crippen LogP contribution >= 0.6 is 11.3 Å². The van der Waals surface area contributed by atoms with Gasteiger partial charge in [0.25, 0.3) is 5.91 Å². The van der Waals surface area contributed by atoms with E-state index in [1.165, 1.54) is 11.3 Å². The molecule has 98 valence electrons. The molecule has 1 aromatic rings. The fraction of sp³-hybridized carbons (Fsp3) is 0.500. The number of carbonyl (C=O) groups excluding carboxylic acids is 1. The number of nitrogens with one attached hydrogen (secondary N) is 1. The van der Waals surface area contributed by atoms with Gasteiger partial charge in [-0.1, -0.05) is 11.3 Å². The van der Waals surface area contributed by atoms with Gasteiger partial charge in [0.2, 0.25) is 0 Å². The Morgan fingerprint density at radius 2 is 2.33 bits per heavy atom. The van der Waals surface area contributed by atoms with E-state index in [0.29, 0.717) is 17.8 Å². The first-order valence-corrected chi connectivity index (χ1v) is 6.57. The Kier molecular flexibility index (Phi) is 5.46. The van der Waals surface area contributed by atoms with E-state index < -0.39 is 0 Å². The van der Waals surface area contributed by atoms with Crippen LogP contribution in [0.4, 0.5) is 10.9 Å². The molecule has 0 saturated carbocycles. The molecule has 0 fully saturated rings. The van der Waals surface area contributed by atoms with Gasteiger partial charge in [-0.05, 0) is 13.8 Å². The minimum atomic E-state index is -0.182. The minimum Gasteiger partial charge on any atom is -0.382 e. The standard InChI is InChI=1S/C12H18N4OS/c1-4-6-7-8-14-11(17)9-10(13)15-12(18-9)16(3)5-2/h5,7-8,13H2,1-3H3,(H,14,17). The van der Waals surface area contributed by atoms with E-state index in [4.69, 9.17) is 5.73 Å². The molecule has 0 aliphatic carbocycles. The maximum atomic E-state index is 11.9. The highest BCUT2D eigenvalue weighted by Crippen LogP contribution is 2.26. The Morgan fingerprint density at radius 3 is 2.94 bits per heavy atom.